The SMILES string of the molecule is C/C=C/C(O)[C@@H](O)[C@@H](O)[C@H](O)[C@@H](O)CO. The Morgan fingerprint density at radius 3 is 1.87 bits per heavy atom. The first-order chi connectivity index (χ1) is 6.95. The maximum Gasteiger partial charge on any atom is 0.112 e. The number of aliphatic hydroxyl groups excluding tert-OH is 6. The van der Waals surface area contributed by atoms with Crippen LogP contribution in [0.1, 0.15) is 6.92 Å². The van der Waals surface area contributed by atoms with Crippen LogP contribution < -0.4 is 0 Å². The zero-order chi connectivity index (χ0) is 12.0. The van der Waals surface area contributed by atoms with Gasteiger partial charge in [0.25, 0.3) is 0 Å². The third kappa shape index (κ3) is 4.25. The molecule has 6 heteroatoms. The summed E-state index contributed by atoms with van der Waals surface area (Å²) in [5.74, 6) is 0. The van der Waals surface area contributed by atoms with E-state index in [4.69, 9.17) is 10.2 Å². The van der Waals surface area contributed by atoms with Gasteiger partial charge in [-0.15, -0.1) is 0 Å². The Kier molecular flexibility index (Phi) is 6.66. The molecule has 0 heterocycles. The number of hydrogen-bond donors (Lipinski definition) is 6. The molecule has 1 unspecified atom stereocenters. The summed E-state index contributed by atoms with van der Waals surface area (Å²) in [6, 6.07) is 0. The Morgan fingerprint density at radius 1 is 0.933 bits per heavy atom. The molecule has 0 saturated heterocycles. The summed E-state index contributed by atoms with van der Waals surface area (Å²) in [6.07, 6.45) is -5.29. The molecule has 0 saturated carbocycles. The van der Waals surface area contributed by atoms with Crippen LogP contribution in [0, 0.1) is 0 Å². The molecule has 15 heavy (non-hydrogen) atoms. The minimum absolute atomic E-state index is 0.745. The fourth-order valence-electron chi connectivity index (χ4n) is 1.05. The summed E-state index contributed by atoms with van der Waals surface area (Å²) in [4.78, 5) is 0. The van der Waals surface area contributed by atoms with Crippen LogP contribution in [0.4, 0.5) is 0 Å². The Balaban J connectivity index is 4.35. The van der Waals surface area contributed by atoms with E-state index < -0.39 is 37.1 Å². The van der Waals surface area contributed by atoms with E-state index >= 15 is 0 Å². The van der Waals surface area contributed by atoms with Gasteiger partial charge in [-0.3, -0.25) is 0 Å². The van der Waals surface area contributed by atoms with Gasteiger partial charge in [0.15, 0.2) is 0 Å². The lowest BCUT2D eigenvalue weighted by Crippen LogP contribution is -2.49. The number of aliphatic hydroxyl groups is 6. The highest BCUT2D eigenvalue weighted by atomic mass is 16.4. The van der Waals surface area contributed by atoms with Gasteiger partial charge in [0.05, 0.1) is 6.61 Å². The van der Waals surface area contributed by atoms with E-state index in [1.807, 2.05) is 0 Å². The molecule has 6 nitrogen and oxygen atoms in total. The van der Waals surface area contributed by atoms with Crippen molar-refractivity contribution in [1.82, 2.24) is 0 Å². The molecule has 0 aromatic rings. The molecule has 0 radical (unpaired) electrons. The van der Waals surface area contributed by atoms with Crippen LogP contribution in [0.25, 0.3) is 0 Å². The third-order valence-corrected chi connectivity index (χ3v) is 2.02. The zero-order valence-electron chi connectivity index (χ0n) is 8.43. The molecule has 0 aliphatic rings. The lowest BCUT2D eigenvalue weighted by atomic mass is 9.99. The second-order valence-electron chi connectivity index (χ2n) is 3.24. The molecular formula is C9H18O6. The molecular weight excluding hydrogens is 204 g/mol. The van der Waals surface area contributed by atoms with Crippen LogP contribution in [0.5, 0.6) is 0 Å². The second-order valence-corrected chi connectivity index (χ2v) is 3.24. The van der Waals surface area contributed by atoms with Crippen molar-refractivity contribution in [2.45, 2.75) is 37.4 Å². The Bertz CT molecular complexity index is 195. The largest absolute Gasteiger partial charge is 0.394 e. The van der Waals surface area contributed by atoms with Crippen LogP contribution in [0.3, 0.4) is 0 Å². The maximum atomic E-state index is 9.33. The van der Waals surface area contributed by atoms with Gasteiger partial charge >= 0.3 is 0 Å². The Labute approximate surface area is 87.7 Å². The monoisotopic (exact) mass is 222 g/mol. The van der Waals surface area contributed by atoms with Gasteiger partial charge in [0.2, 0.25) is 0 Å². The molecule has 0 aliphatic heterocycles. The highest BCUT2D eigenvalue weighted by Crippen LogP contribution is 2.09. The lowest BCUT2D eigenvalue weighted by molar-refractivity contribution is -0.133. The van der Waals surface area contributed by atoms with Crippen LogP contribution in [0.2, 0.25) is 0 Å². The Morgan fingerprint density at radius 2 is 1.47 bits per heavy atom. The molecule has 0 spiro atoms. The topological polar surface area (TPSA) is 121 Å². The normalized spacial score (nSPS) is 22.3. The summed E-state index contributed by atoms with van der Waals surface area (Å²) < 4.78 is 0. The minimum atomic E-state index is -1.74. The van der Waals surface area contributed by atoms with E-state index in [1.54, 1.807) is 6.92 Å². The zero-order valence-corrected chi connectivity index (χ0v) is 8.43. The van der Waals surface area contributed by atoms with E-state index in [2.05, 4.69) is 0 Å². The summed E-state index contributed by atoms with van der Waals surface area (Å²) in [5.41, 5.74) is 0. The second kappa shape index (κ2) is 6.89. The van der Waals surface area contributed by atoms with Crippen molar-refractivity contribution in [3.63, 3.8) is 0 Å². The first-order valence-corrected chi connectivity index (χ1v) is 4.59. The first-order valence-electron chi connectivity index (χ1n) is 4.59. The summed E-state index contributed by atoms with van der Waals surface area (Å²) >= 11 is 0. The average Bonchev–Trinajstić information content (AvgIpc) is 2.25. The van der Waals surface area contributed by atoms with Gasteiger partial charge in [0, 0.05) is 0 Å². The van der Waals surface area contributed by atoms with Crippen molar-refractivity contribution in [2.24, 2.45) is 0 Å². The van der Waals surface area contributed by atoms with Crippen LogP contribution in [0.15, 0.2) is 12.2 Å². The summed E-state index contributed by atoms with van der Waals surface area (Å²) in [7, 11) is 0. The summed E-state index contributed by atoms with van der Waals surface area (Å²) in [5, 5.41) is 54.6. The van der Waals surface area contributed by atoms with Crippen molar-refractivity contribution in [1.29, 1.82) is 0 Å². The van der Waals surface area contributed by atoms with Crippen molar-refractivity contribution in [3.05, 3.63) is 12.2 Å². The van der Waals surface area contributed by atoms with Crippen molar-refractivity contribution in [3.8, 4) is 0 Å². The van der Waals surface area contributed by atoms with E-state index in [-0.39, 0.29) is 0 Å². The quantitative estimate of drug-likeness (QED) is 0.273. The van der Waals surface area contributed by atoms with Crippen molar-refractivity contribution in [2.75, 3.05) is 6.61 Å². The predicted molar refractivity (Wildman–Crippen MR) is 51.9 cm³/mol. The van der Waals surface area contributed by atoms with Gasteiger partial charge in [-0.05, 0) is 6.92 Å². The summed E-state index contributed by atoms with van der Waals surface area (Å²) in [6.45, 7) is 0.867. The van der Waals surface area contributed by atoms with E-state index in [0.29, 0.717) is 0 Å². The molecule has 0 aromatic carbocycles. The van der Waals surface area contributed by atoms with Crippen LogP contribution in [-0.4, -0.2) is 67.8 Å². The van der Waals surface area contributed by atoms with Gasteiger partial charge in [0.1, 0.15) is 30.5 Å². The smallest absolute Gasteiger partial charge is 0.112 e. The number of allylic oxidation sites excluding steroid dienone is 1. The van der Waals surface area contributed by atoms with E-state index in [9.17, 15) is 20.4 Å². The van der Waals surface area contributed by atoms with Crippen molar-refractivity contribution >= 4 is 0 Å². The minimum Gasteiger partial charge on any atom is -0.394 e. The molecule has 90 valence electrons. The molecule has 0 amide bonds. The predicted octanol–water partition coefficient (Wildman–Crippen LogP) is -2.64. The Hall–Kier alpha value is -0.500. The highest BCUT2D eigenvalue weighted by Gasteiger charge is 2.32. The third-order valence-electron chi connectivity index (χ3n) is 2.02. The molecule has 0 bridgehead atoms. The first kappa shape index (κ1) is 14.5. The van der Waals surface area contributed by atoms with Gasteiger partial charge < -0.3 is 30.6 Å². The molecule has 6 N–H and O–H groups in total. The molecule has 0 aliphatic carbocycles. The highest BCUT2D eigenvalue weighted by molar-refractivity contribution is 4.95. The number of rotatable bonds is 6. The van der Waals surface area contributed by atoms with E-state index in [0.717, 1.165) is 0 Å². The fraction of sp³-hybridized carbons (Fsp3) is 0.778. The van der Waals surface area contributed by atoms with Gasteiger partial charge in [-0.1, -0.05) is 12.2 Å². The molecule has 0 aromatic heterocycles. The average molecular weight is 222 g/mol. The fourth-order valence-corrected chi connectivity index (χ4v) is 1.05. The number of hydrogen-bond acceptors (Lipinski definition) is 6. The van der Waals surface area contributed by atoms with Gasteiger partial charge in [-0.2, -0.15) is 0 Å². The lowest BCUT2D eigenvalue weighted by Gasteiger charge is -2.27. The van der Waals surface area contributed by atoms with E-state index in [1.165, 1.54) is 12.2 Å². The van der Waals surface area contributed by atoms with Crippen molar-refractivity contribution < 1.29 is 30.6 Å². The molecule has 0 fully saturated rings. The van der Waals surface area contributed by atoms with Gasteiger partial charge in [-0.25, -0.2) is 0 Å². The molecule has 0 rings (SSSR count). The standard InChI is InChI=1S/C9H18O6/c1-2-3-5(11)7(13)9(15)8(14)6(12)4-10/h2-3,5-15H,4H2,1H3/b3-2+/t5?,6-,7+,8+,9+/m0/s1. The van der Waals surface area contributed by atoms with Crippen LogP contribution in [-0.2, 0) is 0 Å². The maximum absolute atomic E-state index is 9.33. The molecule has 5 atom stereocenters. The van der Waals surface area contributed by atoms with Crippen LogP contribution >= 0.6 is 0 Å².